The predicted molar refractivity (Wildman–Crippen MR) is 137 cm³/mol. The van der Waals surface area contributed by atoms with Crippen LogP contribution in [0.3, 0.4) is 0 Å². The molecule has 2 atom stereocenters. The lowest BCUT2D eigenvalue weighted by molar-refractivity contribution is -0.139. The molecule has 1 aromatic heterocycles. The molecule has 2 unspecified atom stereocenters. The molecule has 3 aromatic carbocycles. The van der Waals surface area contributed by atoms with Gasteiger partial charge < -0.3 is 19.6 Å². The molecule has 4 rings (SSSR count). The van der Waals surface area contributed by atoms with Crippen molar-refractivity contribution in [2.45, 2.75) is 17.4 Å². The highest BCUT2D eigenvalue weighted by Gasteiger charge is 2.23. The number of carboxylic acid groups (broad SMARTS) is 1. The van der Waals surface area contributed by atoms with Crippen LogP contribution in [0.5, 0.6) is 5.75 Å². The molecule has 0 aliphatic heterocycles. The Morgan fingerprint density at radius 3 is 2.44 bits per heavy atom. The quantitative estimate of drug-likeness (QED) is 0.354. The summed E-state index contributed by atoms with van der Waals surface area (Å²) in [7, 11) is 3.79. The van der Waals surface area contributed by atoms with Crippen LogP contribution in [0, 0.1) is 0 Å². The van der Waals surface area contributed by atoms with Crippen LogP contribution in [-0.2, 0) is 22.2 Å². The van der Waals surface area contributed by atoms with Crippen molar-refractivity contribution in [3.05, 3.63) is 84.1 Å². The SMILES string of the molecule is COc1ccc2oc(C(=O)NC(Cc3ccc(-c4cccc(S(=O)N(C)C)c4)cc3)C(=O)O)cc2c1. The van der Waals surface area contributed by atoms with Gasteiger partial charge in [-0.15, -0.1) is 0 Å². The van der Waals surface area contributed by atoms with Gasteiger partial charge in [0.2, 0.25) is 0 Å². The number of fused-ring (bicyclic) bond motifs is 1. The number of carbonyl (C=O) groups is 2. The molecule has 0 bridgehead atoms. The molecule has 1 heterocycles. The third-order valence-corrected chi connectivity index (χ3v) is 6.97. The van der Waals surface area contributed by atoms with Crippen molar-refractivity contribution < 1.29 is 28.1 Å². The number of benzene rings is 3. The minimum Gasteiger partial charge on any atom is -0.497 e. The second kappa shape index (κ2) is 10.8. The summed E-state index contributed by atoms with van der Waals surface area (Å²) in [6.07, 6.45) is 0.0973. The first-order valence-corrected chi connectivity index (χ1v) is 12.3. The van der Waals surface area contributed by atoms with E-state index in [1.165, 1.54) is 0 Å². The molecule has 0 saturated heterocycles. The van der Waals surface area contributed by atoms with Crippen molar-refractivity contribution >= 4 is 33.8 Å². The molecule has 0 fully saturated rings. The molecule has 4 aromatic rings. The Bertz CT molecular complexity index is 1430. The first-order chi connectivity index (χ1) is 17.2. The van der Waals surface area contributed by atoms with Crippen molar-refractivity contribution in [1.29, 1.82) is 0 Å². The Morgan fingerprint density at radius 1 is 1.03 bits per heavy atom. The zero-order valence-electron chi connectivity index (χ0n) is 20.1. The third kappa shape index (κ3) is 5.64. The maximum Gasteiger partial charge on any atom is 0.326 e. The molecular weight excluding hydrogens is 480 g/mol. The molecule has 0 radical (unpaired) electrons. The molecule has 8 nitrogen and oxygen atoms in total. The van der Waals surface area contributed by atoms with E-state index in [0.717, 1.165) is 16.7 Å². The predicted octanol–water partition coefficient (Wildman–Crippen LogP) is 4.12. The smallest absolute Gasteiger partial charge is 0.326 e. The zero-order chi connectivity index (χ0) is 25.8. The van der Waals surface area contributed by atoms with E-state index in [4.69, 9.17) is 9.15 Å². The standard InChI is InChI=1S/C27H26N2O6S/c1-29(2)36(33)22-6-4-5-19(15-22)18-9-7-17(8-10-18)13-23(27(31)32)28-26(30)25-16-20-14-21(34-3)11-12-24(20)35-25/h4-12,14-16,23H,13H2,1-3H3,(H,28,30)(H,31,32). The van der Waals surface area contributed by atoms with Crippen molar-refractivity contribution in [3.8, 4) is 16.9 Å². The summed E-state index contributed by atoms with van der Waals surface area (Å²) < 4.78 is 24.8. The molecule has 0 saturated carbocycles. The number of ether oxygens (including phenoxy) is 1. The van der Waals surface area contributed by atoms with Gasteiger partial charge in [-0.1, -0.05) is 36.4 Å². The minimum absolute atomic E-state index is 0.0230. The largest absolute Gasteiger partial charge is 0.497 e. The van der Waals surface area contributed by atoms with Crippen LogP contribution in [0.2, 0.25) is 0 Å². The number of nitrogens with one attached hydrogen (secondary N) is 1. The van der Waals surface area contributed by atoms with Crippen LogP contribution in [-0.4, -0.2) is 52.7 Å². The zero-order valence-corrected chi connectivity index (χ0v) is 20.9. The van der Waals surface area contributed by atoms with Crippen molar-refractivity contribution in [3.63, 3.8) is 0 Å². The molecule has 2 N–H and O–H groups in total. The van der Waals surface area contributed by atoms with Crippen LogP contribution < -0.4 is 10.1 Å². The van der Waals surface area contributed by atoms with E-state index in [1.54, 1.807) is 49.8 Å². The van der Waals surface area contributed by atoms with E-state index in [-0.39, 0.29) is 12.2 Å². The first-order valence-electron chi connectivity index (χ1n) is 11.1. The Morgan fingerprint density at radius 2 is 1.78 bits per heavy atom. The minimum atomic E-state index is -1.25. The van der Waals surface area contributed by atoms with Gasteiger partial charge in [0.25, 0.3) is 5.91 Å². The number of nitrogens with zero attached hydrogens (tertiary/aromatic N) is 1. The fourth-order valence-electron chi connectivity index (χ4n) is 3.75. The lowest BCUT2D eigenvalue weighted by Gasteiger charge is -2.14. The summed E-state index contributed by atoms with van der Waals surface area (Å²) in [4.78, 5) is 25.3. The topological polar surface area (TPSA) is 109 Å². The van der Waals surface area contributed by atoms with Gasteiger partial charge in [0, 0.05) is 11.8 Å². The maximum atomic E-state index is 12.7. The number of hydrogen-bond donors (Lipinski definition) is 2. The molecule has 1 amide bonds. The fraction of sp³-hybridized carbons (Fsp3) is 0.185. The summed E-state index contributed by atoms with van der Waals surface area (Å²) in [6.45, 7) is 0. The number of methoxy groups -OCH3 is 1. The first kappa shape index (κ1) is 25.2. The number of rotatable bonds is 9. The Balaban J connectivity index is 1.47. The van der Waals surface area contributed by atoms with Crippen LogP contribution in [0.15, 0.2) is 82.1 Å². The lowest BCUT2D eigenvalue weighted by atomic mass is 10.0. The van der Waals surface area contributed by atoms with Crippen LogP contribution in [0.25, 0.3) is 22.1 Å². The van der Waals surface area contributed by atoms with Gasteiger partial charge in [-0.2, -0.15) is 0 Å². The maximum absolute atomic E-state index is 12.7. The van der Waals surface area contributed by atoms with Crippen LogP contribution in [0.1, 0.15) is 16.1 Å². The molecule has 0 spiro atoms. The summed E-state index contributed by atoms with van der Waals surface area (Å²) in [5, 5.41) is 12.9. The molecular formula is C27H26N2O6S. The van der Waals surface area contributed by atoms with Gasteiger partial charge in [0.1, 0.15) is 28.4 Å². The van der Waals surface area contributed by atoms with E-state index in [1.807, 2.05) is 48.5 Å². The molecule has 186 valence electrons. The Labute approximate surface area is 211 Å². The third-order valence-electron chi connectivity index (χ3n) is 5.65. The highest BCUT2D eigenvalue weighted by molar-refractivity contribution is 7.82. The van der Waals surface area contributed by atoms with Gasteiger partial charge in [-0.25, -0.2) is 13.3 Å². The normalized spacial score (nSPS) is 12.9. The van der Waals surface area contributed by atoms with Crippen molar-refractivity contribution in [1.82, 2.24) is 9.62 Å². The number of carboxylic acids is 1. The van der Waals surface area contributed by atoms with Crippen molar-refractivity contribution in [2.75, 3.05) is 21.2 Å². The molecule has 0 aliphatic rings. The van der Waals surface area contributed by atoms with E-state index in [9.17, 15) is 18.9 Å². The summed E-state index contributed by atoms with van der Waals surface area (Å²) in [5.41, 5.74) is 3.06. The summed E-state index contributed by atoms with van der Waals surface area (Å²) >= 11 is 0. The van der Waals surface area contributed by atoms with Crippen LogP contribution in [0.4, 0.5) is 0 Å². The number of aliphatic carboxylic acids is 1. The highest BCUT2D eigenvalue weighted by atomic mass is 32.2. The van der Waals surface area contributed by atoms with Gasteiger partial charge >= 0.3 is 5.97 Å². The number of furan rings is 1. The Hall–Kier alpha value is -3.95. The Kier molecular flexibility index (Phi) is 7.52. The fourth-order valence-corrected chi connectivity index (χ4v) is 4.60. The second-order valence-electron chi connectivity index (χ2n) is 8.37. The van der Waals surface area contributed by atoms with E-state index < -0.39 is 28.9 Å². The number of carbonyl (C=O) groups excluding carboxylic acids is 1. The van der Waals surface area contributed by atoms with Gasteiger partial charge in [-0.05, 0) is 67.2 Å². The lowest BCUT2D eigenvalue weighted by Crippen LogP contribution is -2.42. The van der Waals surface area contributed by atoms with E-state index in [0.29, 0.717) is 21.6 Å². The number of hydrogen-bond acceptors (Lipinski definition) is 5. The average molecular weight is 507 g/mol. The summed E-state index contributed by atoms with van der Waals surface area (Å²) in [5.74, 6) is -1.11. The molecule has 9 heteroatoms. The average Bonchev–Trinajstić information content (AvgIpc) is 3.31. The van der Waals surface area contributed by atoms with Crippen LogP contribution >= 0.6 is 0 Å². The van der Waals surface area contributed by atoms with E-state index >= 15 is 0 Å². The highest BCUT2D eigenvalue weighted by Crippen LogP contribution is 2.25. The van der Waals surface area contributed by atoms with E-state index in [2.05, 4.69) is 5.32 Å². The molecule has 36 heavy (non-hydrogen) atoms. The molecule has 0 aliphatic carbocycles. The van der Waals surface area contributed by atoms with Gasteiger partial charge in [0.15, 0.2) is 5.76 Å². The van der Waals surface area contributed by atoms with Crippen molar-refractivity contribution in [2.24, 2.45) is 0 Å². The summed E-state index contributed by atoms with van der Waals surface area (Å²) in [6, 6.07) is 20.4. The van der Waals surface area contributed by atoms with Gasteiger partial charge in [0.05, 0.1) is 12.0 Å². The number of amides is 1. The second-order valence-corrected chi connectivity index (χ2v) is 10.1. The monoisotopic (exact) mass is 506 g/mol. The van der Waals surface area contributed by atoms with Gasteiger partial charge in [-0.3, -0.25) is 4.79 Å².